The fraction of sp³-hybridized carbons (Fsp3) is 0.400. The lowest BCUT2D eigenvalue weighted by Crippen LogP contribution is -2.03. The van der Waals surface area contributed by atoms with Crippen molar-refractivity contribution in [3.05, 3.63) is 36.3 Å². The first-order chi connectivity index (χ1) is 10.4. The summed E-state index contributed by atoms with van der Waals surface area (Å²) in [6, 6.07) is 3.82. The van der Waals surface area contributed by atoms with Gasteiger partial charge in [0, 0.05) is 13.0 Å². The number of aromatic nitrogens is 4. The fourth-order valence-electron chi connectivity index (χ4n) is 2.85. The van der Waals surface area contributed by atoms with E-state index in [0.717, 1.165) is 41.5 Å². The molecule has 0 saturated heterocycles. The van der Waals surface area contributed by atoms with Gasteiger partial charge in [-0.15, -0.1) is 0 Å². The zero-order valence-corrected chi connectivity index (χ0v) is 11.7. The monoisotopic (exact) mass is 283 g/mol. The van der Waals surface area contributed by atoms with Crippen molar-refractivity contribution in [1.82, 2.24) is 19.5 Å². The number of aryl methyl sites for hydroxylation is 2. The molecule has 0 unspecified atom stereocenters. The van der Waals surface area contributed by atoms with Crippen molar-refractivity contribution >= 4 is 17.0 Å². The quantitative estimate of drug-likeness (QED) is 0.800. The molecular formula is C15H17N5O. The van der Waals surface area contributed by atoms with Crippen molar-refractivity contribution in [3.63, 3.8) is 0 Å². The Bertz CT molecular complexity index is 747. The fourth-order valence-corrected chi connectivity index (χ4v) is 2.85. The molecule has 3 aromatic heterocycles. The standard InChI is InChI=1S/C15H17N5O/c1-2-6-12-19-13-14(16-9-11-5-4-8-21-11)17-10-18-15(13)20(12)7-3-1/h4-5,8,10H,1-3,6-7,9H2,(H,16,17,18). The van der Waals surface area contributed by atoms with Crippen LogP contribution >= 0.6 is 0 Å². The van der Waals surface area contributed by atoms with Crippen LogP contribution in [0, 0.1) is 0 Å². The number of rotatable bonds is 3. The van der Waals surface area contributed by atoms with Crippen LogP contribution in [-0.4, -0.2) is 19.5 Å². The summed E-state index contributed by atoms with van der Waals surface area (Å²) in [5.41, 5.74) is 1.80. The van der Waals surface area contributed by atoms with Crippen LogP contribution in [0.4, 0.5) is 5.82 Å². The second kappa shape index (κ2) is 5.20. The van der Waals surface area contributed by atoms with Gasteiger partial charge in [-0.25, -0.2) is 15.0 Å². The lowest BCUT2D eigenvalue weighted by molar-refractivity contribution is 0.518. The zero-order valence-electron chi connectivity index (χ0n) is 11.7. The molecular weight excluding hydrogens is 266 g/mol. The molecule has 0 atom stereocenters. The first kappa shape index (κ1) is 12.4. The molecule has 6 nitrogen and oxygen atoms in total. The van der Waals surface area contributed by atoms with Gasteiger partial charge in [-0.1, -0.05) is 6.42 Å². The molecule has 1 aliphatic heterocycles. The summed E-state index contributed by atoms with van der Waals surface area (Å²) < 4.78 is 7.57. The molecule has 0 radical (unpaired) electrons. The number of hydrogen-bond donors (Lipinski definition) is 1. The molecule has 0 aliphatic carbocycles. The Morgan fingerprint density at radius 1 is 1.24 bits per heavy atom. The number of fused-ring (bicyclic) bond motifs is 3. The van der Waals surface area contributed by atoms with E-state index in [1.54, 1.807) is 12.6 Å². The zero-order chi connectivity index (χ0) is 14.1. The van der Waals surface area contributed by atoms with Gasteiger partial charge >= 0.3 is 0 Å². The lowest BCUT2D eigenvalue weighted by atomic mass is 10.2. The van der Waals surface area contributed by atoms with Crippen LogP contribution in [0.5, 0.6) is 0 Å². The van der Waals surface area contributed by atoms with Gasteiger partial charge in [-0.3, -0.25) is 0 Å². The minimum Gasteiger partial charge on any atom is -0.467 e. The van der Waals surface area contributed by atoms with E-state index >= 15 is 0 Å². The first-order valence-corrected chi connectivity index (χ1v) is 7.38. The molecule has 0 amide bonds. The van der Waals surface area contributed by atoms with Crippen molar-refractivity contribution in [2.75, 3.05) is 5.32 Å². The van der Waals surface area contributed by atoms with Crippen LogP contribution < -0.4 is 5.32 Å². The van der Waals surface area contributed by atoms with E-state index in [2.05, 4.69) is 19.9 Å². The van der Waals surface area contributed by atoms with Gasteiger partial charge in [0.05, 0.1) is 12.8 Å². The van der Waals surface area contributed by atoms with Crippen molar-refractivity contribution in [2.24, 2.45) is 0 Å². The molecule has 0 bridgehead atoms. The van der Waals surface area contributed by atoms with Gasteiger partial charge in [0.1, 0.15) is 17.9 Å². The highest BCUT2D eigenvalue weighted by Crippen LogP contribution is 2.24. The normalized spacial score (nSPS) is 14.9. The van der Waals surface area contributed by atoms with Crippen LogP contribution in [0.25, 0.3) is 11.2 Å². The van der Waals surface area contributed by atoms with Crippen molar-refractivity contribution in [3.8, 4) is 0 Å². The van der Waals surface area contributed by atoms with E-state index in [1.807, 2.05) is 12.1 Å². The van der Waals surface area contributed by atoms with Crippen molar-refractivity contribution in [1.29, 1.82) is 0 Å². The maximum atomic E-state index is 5.33. The molecule has 1 N–H and O–H groups in total. The maximum Gasteiger partial charge on any atom is 0.165 e. The second-order valence-corrected chi connectivity index (χ2v) is 5.32. The number of anilines is 1. The molecule has 21 heavy (non-hydrogen) atoms. The predicted octanol–water partition coefficient (Wildman–Crippen LogP) is 2.76. The molecule has 0 aromatic carbocycles. The van der Waals surface area contributed by atoms with Crippen molar-refractivity contribution in [2.45, 2.75) is 38.8 Å². The summed E-state index contributed by atoms with van der Waals surface area (Å²) >= 11 is 0. The van der Waals surface area contributed by atoms with Crippen molar-refractivity contribution < 1.29 is 4.42 Å². The predicted molar refractivity (Wildman–Crippen MR) is 78.9 cm³/mol. The summed E-state index contributed by atoms with van der Waals surface area (Å²) in [4.78, 5) is 13.5. The number of furan rings is 1. The smallest absolute Gasteiger partial charge is 0.165 e. The minimum atomic E-state index is 0.599. The molecule has 3 aromatic rings. The van der Waals surface area contributed by atoms with Gasteiger partial charge < -0.3 is 14.3 Å². The first-order valence-electron chi connectivity index (χ1n) is 7.38. The van der Waals surface area contributed by atoms with Gasteiger partial charge in [0.15, 0.2) is 17.0 Å². The summed E-state index contributed by atoms with van der Waals surface area (Å²) in [6.07, 6.45) is 7.95. The molecule has 0 fully saturated rings. The Hall–Kier alpha value is -2.37. The highest BCUT2D eigenvalue weighted by molar-refractivity contribution is 5.83. The van der Waals surface area contributed by atoms with E-state index in [9.17, 15) is 0 Å². The van der Waals surface area contributed by atoms with Crippen LogP contribution in [0.1, 0.15) is 30.8 Å². The van der Waals surface area contributed by atoms with Crippen LogP contribution in [-0.2, 0) is 19.5 Å². The Morgan fingerprint density at radius 2 is 2.24 bits per heavy atom. The second-order valence-electron chi connectivity index (χ2n) is 5.32. The summed E-state index contributed by atoms with van der Waals surface area (Å²) in [5.74, 6) is 2.78. The summed E-state index contributed by atoms with van der Waals surface area (Å²) in [7, 11) is 0. The topological polar surface area (TPSA) is 68.8 Å². The Labute approximate surface area is 122 Å². The van der Waals surface area contributed by atoms with E-state index in [4.69, 9.17) is 9.40 Å². The minimum absolute atomic E-state index is 0.599. The summed E-state index contributed by atoms with van der Waals surface area (Å²) in [5, 5.41) is 3.29. The molecule has 0 saturated carbocycles. The number of nitrogens with zero attached hydrogens (tertiary/aromatic N) is 4. The molecule has 4 heterocycles. The van der Waals surface area contributed by atoms with Gasteiger partial charge in [0.25, 0.3) is 0 Å². The van der Waals surface area contributed by atoms with Crippen LogP contribution in [0.15, 0.2) is 29.1 Å². The Morgan fingerprint density at radius 3 is 3.14 bits per heavy atom. The third-order valence-corrected chi connectivity index (χ3v) is 3.90. The highest BCUT2D eigenvalue weighted by Gasteiger charge is 2.17. The lowest BCUT2D eigenvalue weighted by Gasteiger charge is -2.05. The molecule has 6 heteroatoms. The third kappa shape index (κ3) is 2.26. The Kier molecular flexibility index (Phi) is 3.06. The Balaban J connectivity index is 1.69. The maximum absolute atomic E-state index is 5.33. The van der Waals surface area contributed by atoms with Gasteiger partial charge in [0.2, 0.25) is 0 Å². The molecule has 0 spiro atoms. The van der Waals surface area contributed by atoms with E-state index < -0.39 is 0 Å². The average Bonchev–Trinajstić information content (AvgIpc) is 3.08. The number of imidazole rings is 1. The molecule has 4 rings (SSSR count). The summed E-state index contributed by atoms with van der Waals surface area (Å²) in [6.45, 7) is 1.60. The number of nitrogens with one attached hydrogen (secondary N) is 1. The number of hydrogen-bond acceptors (Lipinski definition) is 5. The largest absolute Gasteiger partial charge is 0.467 e. The van der Waals surface area contributed by atoms with E-state index in [-0.39, 0.29) is 0 Å². The van der Waals surface area contributed by atoms with Crippen LogP contribution in [0.2, 0.25) is 0 Å². The average molecular weight is 283 g/mol. The third-order valence-electron chi connectivity index (χ3n) is 3.90. The van der Waals surface area contributed by atoms with Crippen LogP contribution in [0.3, 0.4) is 0 Å². The van der Waals surface area contributed by atoms with Gasteiger partial charge in [-0.05, 0) is 25.0 Å². The SMILES string of the molecule is c1coc(CNc2ncnc3c2nc2n3CCCCC2)c1. The highest BCUT2D eigenvalue weighted by atomic mass is 16.3. The molecule has 108 valence electrons. The van der Waals surface area contributed by atoms with Gasteiger partial charge in [-0.2, -0.15) is 0 Å². The van der Waals surface area contributed by atoms with E-state index in [0.29, 0.717) is 6.54 Å². The van der Waals surface area contributed by atoms with E-state index in [1.165, 1.54) is 19.3 Å². The molecule has 1 aliphatic rings.